The van der Waals surface area contributed by atoms with Crippen molar-refractivity contribution >= 4 is 17.6 Å². The summed E-state index contributed by atoms with van der Waals surface area (Å²) in [5.74, 6) is -0.361. The highest BCUT2D eigenvalue weighted by molar-refractivity contribution is 5.95. The van der Waals surface area contributed by atoms with Crippen LogP contribution in [0.25, 0.3) is 0 Å². The van der Waals surface area contributed by atoms with Crippen LogP contribution in [0.5, 0.6) is 0 Å². The highest BCUT2D eigenvalue weighted by Gasteiger charge is 2.30. The Morgan fingerprint density at radius 1 is 1.38 bits per heavy atom. The molecule has 1 amide bonds. The number of rotatable bonds is 5. The number of anilines is 1. The van der Waals surface area contributed by atoms with E-state index in [4.69, 9.17) is 10.00 Å². The van der Waals surface area contributed by atoms with Crippen molar-refractivity contribution in [3.63, 3.8) is 0 Å². The average molecular weight is 329 g/mol. The summed E-state index contributed by atoms with van der Waals surface area (Å²) in [6.07, 6.45) is 1.40. The van der Waals surface area contributed by atoms with Crippen LogP contribution >= 0.6 is 0 Å². The number of nitrogens with zero attached hydrogens (tertiary/aromatic N) is 2. The van der Waals surface area contributed by atoms with Gasteiger partial charge < -0.3 is 10.1 Å². The maximum absolute atomic E-state index is 12.4. The number of benzene rings is 1. The fourth-order valence-electron chi connectivity index (χ4n) is 2.88. The van der Waals surface area contributed by atoms with Gasteiger partial charge in [-0.15, -0.1) is 0 Å². The molecule has 1 saturated heterocycles. The second-order valence-corrected chi connectivity index (χ2v) is 5.88. The summed E-state index contributed by atoms with van der Waals surface area (Å²) in [5.41, 5.74) is 0.970. The van der Waals surface area contributed by atoms with E-state index >= 15 is 0 Å². The van der Waals surface area contributed by atoms with Crippen LogP contribution in [0.4, 0.5) is 5.69 Å². The molecular weight excluding hydrogens is 306 g/mol. The average Bonchev–Trinajstić information content (AvgIpc) is 2.61. The van der Waals surface area contributed by atoms with E-state index < -0.39 is 0 Å². The van der Waals surface area contributed by atoms with Crippen LogP contribution in [0.2, 0.25) is 0 Å². The van der Waals surface area contributed by atoms with Crippen LogP contribution in [-0.2, 0) is 14.3 Å². The van der Waals surface area contributed by atoms with E-state index in [1.807, 2.05) is 6.92 Å². The van der Waals surface area contributed by atoms with Gasteiger partial charge in [-0.1, -0.05) is 12.1 Å². The van der Waals surface area contributed by atoms with E-state index in [1.54, 1.807) is 31.2 Å². The number of para-hydroxylation sites is 1. The van der Waals surface area contributed by atoms with Gasteiger partial charge >= 0.3 is 5.97 Å². The first kappa shape index (κ1) is 18.0. The first-order valence-electron chi connectivity index (χ1n) is 8.27. The summed E-state index contributed by atoms with van der Waals surface area (Å²) in [5, 5.41) is 11.9. The van der Waals surface area contributed by atoms with Gasteiger partial charge in [-0.05, 0) is 51.9 Å². The molecule has 6 heteroatoms. The largest absolute Gasteiger partial charge is 0.466 e. The topological polar surface area (TPSA) is 82.4 Å². The molecule has 6 nitrogen and oxygen atoms in total. The zero-order valence-electron chi connectivity index (χ0n) is 14.1. The van der Waals surface area contributed by atoms with Gasteiger partial charge in [0.05, 0.1) is 29.8 Å². The van der Waals surface area contributed by atoms with Gasteiger partial charge in [-0.25, -0.2) is 0 Å². The molecule has 1 aliphatic rings. The number of nitrogens with one attached hydrogen (secondary N) is 1. The molecule has 128 valence electrons. The normalized spacial score (nSPS) is 16.9. The van der Waals surface area contributed by atoms with E-state index in [0.717, 1.165) is 0 Å². The summed E-state index contributed by atoms with van der Waals surface area (Å²) in [7, 11) is 0. The van der Waals surface area contributed by atoms with E-state index in [1.165, 1.54) is 0 Å². The summed E-state index contributed by atoms with van der Waals surface area (Å²) in [4.78, 5) is 26.3. The van der Waals surface area contributed by atoms with Crippen molar-refractivity contribution in [2.24, 2.45) is 5.92 Å². The van der Waals surface area contributed by atoms with Crippen LogP contribution in [0.3, 0.4) is 0 Å². The highest BCUT2D eigenvalue weighted by atomic mass is 16.5. The molecule has 1 heterocycles. The number of esters is 1. The molecule has 1 aromatic rings. The third kappa shape index (κ3) is 4.33. The Morgan fingerprint density at radius 3 is 2.67 bits per heavy atom. The molecule has 0 aliphatic carbocycles. The Bertz CT molecular complexity index is 631. The first-order chi connectivity index (χ1) is 11.6. The lowest BCUT2D eigenvalue weighted by atomic mass is 9.96. The van der Waals surface area contributed by atoms with Crippen LogP contribution in [-0.4, -0.2) is 42.5 Å². The Hall–Kier alpha value is -2.39. The van der Waals surface area contributed by atoms with Gasteiger partial charge in [-0.3, -0.25) is 14.5 Å². The number of nitriles is 1. The van der Waals surface area contributed by atoms with Crippen molar-refractivity contribution in [3.05, 3.63) is 29.8 Å². The number of hydrogen-bond donors (Lipinski definition) is 1. The molecule has 0 spiro atoms. The fraction of sp³-hybridized carbons (Fsp3) is 0.500. The van der Waals surface area contributed by atoms with E-state index in [0.29, 0.717) is 43.8 Å². The zero-order chi connectivity index (χ0) is 17.5. The molecule has 24 heavy (non-hydrogen) atoms. The second kappa shape index (κ2) is 8.46. The second-order valence-electron chi connectivity index (χ2n) is 5.88. The van der Waals surface area contributed by atoms with Crippen LogP contribution < -0.4 is 5.32 Å². The Kier molecular flexibility index (Phi) is 6.33. The molecular formula is C18H23N3O3. The number of piperidine rings is 1. The smallest absolute Gasteiger partial charge is 0.309 e. The summed E-state index contributed by atoms with van der Waals surface area (Å²) in [6, 6.07) is 8.69. The number of amides is 1. The summed E-state index contributed by atoms with van der Waals surface area (Å²) >= 11 is 0. The molecule has 1 aliphatic heterocycles. The monoisotopic (exact) mass is 329 g/mol. The number of likely N-dealkylation sites (tertiary alicyclic amines) is 1. The summed E-state index contributed by atoms with van der Waals surface area (Å²) < 4.78 is 5.06. The van der Waals surface area contributed by atoms with Crippen molar-refractivity contribution < 1.29 is 14.3 Å². The number of hydrogen-bond acceptors (Lipinski definition) is 5. The molecule has 1 atom stereocenters. The van der Waals surface area contributed by atoms with Crippen molar-refractivity contribution in [2.45, 2.75) is 32.7 Å². The van der Waals surface area contributed by atoms with Gasteiger partial charge in [0, 0.05) is 0 Å². The van der Waals surface area contributed by atoms with Crippen LogP contribution in [0.15, 0.2) is 24.3 Å². The Labute approximate surface area is 142 Å². The molecule has 1 aromatic carbocycles. The van der Waals surface area contributed by atoms with Crippen LogP contribution in [0, 0.1) is 17.2 Å². The molecule has 1 N–H and O–H groups in total. The zero-order valence-corrected chi connectivity index (χ0v) is 14.1. The van der Waals surface area contributed by atoms with Gasteiger partial charge in [-0.2, -0.15) is 5.26 Å². The van der Waals surface area contributed by atoms with Crippen LogP contribution in [0.1, 0.15) is 32.3 Å². The van der Waals surface area contributed by atoms with Crippen molar-refractivity contribution in [1.82, 2.24) is 4.90 Å². The molecule has 0 bridgehead atoms. The molecule has 0 saturated carbocycles. The predicted molar refractivity (Wildman–Crippen MR) is 90.2 cm³/mol. The summed E-state index contributed by atoms with van der Waals surface area (Å²) in [6.45, 7) is 5.40. The first-order valence-corrected chi connectivity index (χ1v) is 8.27. The lowest BCUT2D eigenvalue weighted by molar-refractivity contribution is -0.149. The molecule has 0 aromatic heterocycles. The fourth-order valence-corrected chi connectivity index (χ4v) is 2.88. The van der Waals surface area contributed by atoms with Gasteiger partial charge in [0.2, 0.25) is 5.91 Å². The number of ether oxygens (including phenoxy) is 1. The van der Waals surface area contributed by atoms with Gasteiger partial charge in [0.25, 0.3) is 0 Å². The molecule has 0 radical (unpaired) electrons. The van der Waals surface area contributed by atoms with E-state index in [2.05, 4.69) is 16.3 Å². The minimum Gasteiger partial charge on any atom is -0.466 e. The standard InChI is InChI=1S/C18H23N3O3/c1-3-24-18(23)14-8-10-21(11-9-14)13(2)17(22)20-16-7-5-4-6-15(16)12-19/h4-7,13-14H,3,8-11H2,1-2H3,(H,20,22). The molecule has 2 rings (SSSR count). The van der Waals surface area contributed by atoms with Crippen molar-refractivity contribution in [2.75, 3.05) is 25.0 Å². The van der Waals surface area contributed by atoms with Crippen molar-refractivity contribution in [1.29, 1.82) is 5.26 Å². The number of carbonyl (C=O) groups is 2. The number of carbonyl (C=O) groups excluding carboxylic acids is 2. The lowest BCUT2D eigenvalue weighted by Crippen LogP contribution is -2.47. The minimum atomic E-state index is -0.320. The van der Waals surface area contributed by atoms with E-state index in [9.17, 15) is 9.59 Å². The van der Waals surface area contributed by atoms with Gasteiger partial charge in [0.15, 0.2) is 0 Å². The van der Waals surface area contributed by atoms with E-state index in [-0.39, 0.29) is 23.8 Å². The predicted octanol–water partition coefficient (Wildman–Crippen LogP) is 2.16. The third-order valence-corrected chi connectivity index (χ3v) is 4.38. The Morgan fingerprint density at radius 2 is 2.04 bits per heavy atom. The Balaban J connectivity index is 1.91. The van der Waals surface area contributed by atoms with Gasteiger partial charge in [0.1, 0.15) is 6.07 Å². The maximum atomic E-state index is 12.4. The quantitative estimate of drug-likeness (QED) is 0.837. The molecule has 1 fully saturated rings. The highest BCUT2D eigenvalue weighted by Crippen LogP contribution is 2.21. The maximum Gasteiger partial charge on any atom is 0.309 e. The lowest BCUT2D eigenvalue weighted by Gasteiger charge is -2.34. The minimum absolute atomic E-state index is 0.0734. The molecule has 1 unspecified atom stereocenters. The van der Waals surface area contributed by atoms with Crippen molar-refractivity contribution in [3.8, 4) is 6.07 Å². The third-order valence-electron chi connectivity index (χ3n) is 4.38. The SMILES string of the molecule is CCOC(=O)C1CCN(C(C)C(=O)Nc2ccccc2C#N)CC1.